The number of carbonyl (C=O) groups excluding carboxylic acids is 5. The number of rotatable bonds is 9. The minimum absolute atomic E-state index is 0.00334. The maximum atomic E-state index is 14.3. The summed E-state index contributed by atoms with van der Waals surface area (Å²) in [5.41, 5.74) is 6.07. The molecule has 10 nitrogen and oxygen atoms in total. The number of nitrogens with two attached hydrogens (primary N) is 1. The second kappa shape index (κ2) is 12.7. The number of benzene rings is 3. The number of amides is 1. The fourth-order valence-electron chi connectivity index (χ4n) is 8.73. The summed E-state index contributed by atoms with van der Waals surface area (Å²) < 4.78 is 0. The summed E-state index contributed by atoms with van der Waals surface area (Å²) in [7, 11) is 3.15. The van der Waals surface area contributed by atoms with Gasteiger partial charge in [-0.05, 0) is 97.9 Å². The first-order valence-electron chi connectivity index (χ1n) is 16.8. The topological polar surface area (TPSA) is 158 Å². The molecule has 0 saturated heterocycles. The molecule has 1 amide bonds. The van der Waals surface area contributed by atoms with Crippen LogP contribution in [0.5, 0.6) is 5.75 Å². The molecule has 0 aliphatic heterocycles. The van der Waals surface area contributed by atoms with Crippen LogP contribution in [0.4, 0.5) is 0 Å². The average molecular weight is 654 g/mol. The zero-order valence-electron chi connectivity index (χ0n) is 27.9. The number of phenolic OH excluding ortho intramolecular Hbond substituents is 1. The number of aromatic hydroxyl groups is 1. The second-order valence-corrected chi connectivity index (χ2v) is 13.9. The molecular weight excluding hydrogens is 610 g/mol. The summed E-state index contributed by atoms with van der Waals surface area (Å²) in [4.78, 5) is 71.6. The van der Waals surface area contributed by atoms with Gasteiger partial charge in [0.2, 0.25) is 5.91 Å². The van der Waals surface area contributed by atoms with Gasteiger partial charge in [0.15, 0.2) is 34.7 Å². The van der Waals surface area contributed by atoms with E-state index < -0.39 is 64.4 Å². The van der Waals surface area contributed by atoms with E-state index in [2.05, 4.69) is 30.9 Å². The van der Waals surface area contributed by atoms with E-state index in [-0.39, 0.29) is 24.2 Å². The van der Waals surface area contributed by atoms with Gasteiger partial charge in [0.05, 0.1) is 17.5 Å². The van der Waals surface area contributed by atoms with Crippen LogP contribution in [0.3, 0.4) is 0 Å². The summed E-state index contributed by atoms with van der Waals surface area (Å²) in [5.74, 6) is -10.6. The van der Waals surface area contributed by atoms with Crippen molar-refractivity contribution in [3.8, 4) is 16.9 Å². The van der Waals surface area contributed by atoms with Gasteiger partial charge in [-0.2, -0.15) is 0 Å². The lowest BCUT2D eigenvalue weighted by Crippen LogP contribution is -2.74. The van der Waals surface area contributed by atoms with Crippen molar-refractivity contribution >= 4 is 39.8 Å². The van der Waals surface area contributed by atoms with Crippen molar-refractivity contribution in [3.63, 3.8) is 0 Å². The van der Waals surface area contributed by atoms with E-state index in [0.29, 0.717) is 5.56 Å². The maximum absolute atomic E-state index is 14.3. The van der Waals surface area contributed by atoms with Gasteiger partial charge in [-0.15, -0.1) is 0 Å². The first-order chi connectivity index (χ1) is 22.9. The van der Waals surface area contributed by atoms with Crippen molar-refractivity contribution in [3.05, 3.63) is 65.2 Å². The molecule has 0 aromatic heterocycles. The van der Waals surface area contributed by atoms with E-state index in [1.54, 1.807) is 20.2 Å². The predicted octanol–water partition coefficient (Wildman–Crippen LogP) is 3.31. The van der Waals surface area contributed by atoms with Crippen molar-refractivity contribution in [2.45, 2.75) is 57.7 Å². The smallest absolute Gasteiger partial charge is 0.235 e. The largest absolute Gasteiger partial charge is 0.507 e. The molecule has 3 aromatic carbocycles. The van der Waals surface area contributed by atoms with Gasteiger partial charge in [-0.1, -0.05) is 56.3 Å². The van der Waals surface area contributed by atoms with Crippen LogP contribution >= 0.6 is 0 Å². The molecule has 4 N–H and O–H groups in total. The first kappa shape index (κ1) is 33.6. The third kappa shape index (κ3) is 5.09. The lowest BCUT2D eigenvalue weighted by Gasteiger charge is -2.52. The first-order valence-corrected chi connectivity index (χ1v) is 16.8. The molecule has 3 aromatic rings. The predicted molar refractivity (Wildman–Crippen MR) is 180 cm³/mol. The monoisotopic (exact) mass is 653 g/mol. The van der Waals surface area contributed by atoms with Crippen molar-refractivity contribution in [1.82, 2.24) is 9.80 Å². The highest BCUT2D eigenvalue weighted by Crippen LogP contribution is 2.52. The zero-order valence-corrected chi connectivity index (χ0v) is 27.9. The van der Waals surface area contributed by atoms with Gasteiger partial charge in [-0.3, -0.25) is 33.8 Å². The van der Waals surface area contributed by atoms with Crippen LogP contribution in [0.1, 0.15) is 54.6 Å². The van der Waals surface area contributed by atoms with Gasteiger partial charge >= 0.3 is 0 Å². The van der Waals surface area contributed by atoms with E-state index in [0.717, 1.165) is 54.4 Å². The molecule has 6 atom stereocenters. The number of Topliss-reactive ketones (excluding diaryl/α,β-unsaturated/α-hetero) is 4. The number of ketones is 4. The summed E-state index contributed by atoms with van der Waals surface area (Å²) in [5, 5.41) is 25.0. The lowest BCUT2D eigenvalue weighted by atomic mass is 9.52. The maximum Gasteiger partial charge on any atom is 0.235 e. The number of nitrogens with zero attached hydrogens (tertiary/aromatic N) is 2. The van der Waals surface area contributed by atoms with E-state index in [1.165, 1.54) is 16.5 Å². The van der Waals surface area contributed by atoms with Crippen LogP contribution < -0.4 is 5.73 Å². The Labute approximate surface area is 279 Å². The standard InChI is InChI=1S/C38H43N3O7/c1-5-15-41(16-6-2)19-20-11-12-24(23-10-8-7-9-22(20)23)25-13-14-28(42)30-26(25)17-21-18-27-32(40(3)4)34(44)31(37(39)47)36(46)38(27,48)35(45)29(21)33(30)43/h7-14,21,27,29,31-32,42,48H,5-6,15-19H2,1-4H3,(H2,39,47)/t21-,27-,29?,31?,32?,38-/m0/s1. The van der Waals surface area contributed by atoms with Crippen molar-refractivity contribution < 1.29 is 34.2 Å². The molecule has 0 heterocycles. The van der Waals surface area contributed by atoms with Crippen molar-refractivity contribution in [2.24, 2.45) is 29.4 Å². The zero-order chi connectivity index (χ0) is 34.7. The number of hydrogen-bond acceptors (Lipinski definition) is 9. The molecule has 252 valence electrons. The molecule has 0 bridgehead atoms. The fourth-order valence-corrected chi connectivity index (χ4v) is 8.73. The summed E-state index contributed by atoms with van der Waals surface area (Å²) in [6.45, 7) is 7.12. The highest BCUT2D eigenvalue weighted by Gasteiger charge is 2.69. The van der Waals surface area contributed by atoms with Crippen LogP contribution in [-0.4, -0.2) is 87.9 Å². The van der Waals surface area contributed by atoms with Crippen LogP contribution in [-0.2, 0) is 32.1 Å². The van der Waals surface area contributed by atoms with Gasteiger partial charge < -0.3 is 15.9 Å². The molecule has 3 unspecified atom stereocenters. The highest BCUT2D eigenvalue weighted by molar-refractivity contribution is 6.32. The second-order valence-electron chi connectivity index (χ2n) is 13.9. The molecule has 48 heavy (non-hydrogen) atoms. The normalized spacial score (nSPS) is 26.9. The van der Waals surface area contributed by atoms with Gasteiger partial charge in [0, 0.05) is 12.5 Å². The lowest BCUT2D eigenvalue weighted by molar-refractivity contribution is -0.181. The fraction of sp³-hybridized carbons (Fsp3) is 0.447. The Bertz CT molecular complexity index is 1850. The van der Waals surface area contributed by atoms with Crippen LogP contribution in [0.15, 0.2) is 48.5 Å². The molecule has 6 rings (SSSR count). The number of phenols is 1. The van der Waals surface area contributed by atoms with Gasteiger partial charge in [0.25, 0.3) is 0 Å². The summed E-state index contributed by atoms with van der Waals surface area (Å²) in [6.07, 6.45) is 2.31. The number of primary amides is 1. The van der Waals surface area contributed by atoms with Crippen molar-refractivity contribution in [2.75, 3.05) is 27.2 Å². The number of fused-ring (bicyclic) bond motifs is 4. The molecule has 2 saturated carbocycles. The minimum atomic E-state index is -2.75. The molecule has 0 spiro atoms. The Morgan fingerprint density at radius 2 is 1.56 bits per heavy atom. The van der Waals surface area contributed by atoms with Crippen molar-refractivity contribution in [1.29, 1.82) is 0 Å². The third-order valence-corrected chi connectivity index (χ3v) is 10.7. The Morgan fingerprint density at radius 1 is 0.917 bits per heavy atom. The van der Waals surface area contributed by atoms with Crippen LogP contribution in [0, 0.1) is 23.7 Å². The van der Waals surface area contributed by atoms with Crippen LogP contribution in [0.2, 0.25) is 0 Å². The molecule has 10 heteroatoms. The summed E-state index contributed by atoms with van der Waals surface area (Å²) >= 11 is 0. The molecule has 3 aliphatic rings. The van der Waals surface area contributed by atoms with Gasteiger partial charge in [-0.25, -0.2) is 0 Å². The Morgan fingerprint density at radius 3 is 2.19 bits per heavy atom. The van der Waals surface area contributed by atoms with E-state index in [1.807, 2.05) is 24.3 Å². The SMILES string of the molecule is CCCN(CCC)Cc1ccc(-c2ccc(O)c3c2C[C@H]2C[C@H]4C(N(C)C)C(=O)C(C(N)=O)C(=O)[C@@]4(O)C(=O)C2C3=O)c2ccccc12. The third-order valence-electron chi connectivity index (χ3n) is 10.7. The molecular formula is C38H43N3O7. The highest BCUT2D eigenvalue weighted by atomic mass is 16.3. The van der Waals surface area contributed by atoms with E-state index in [9.17, 15) is 34.2 Å². The quantitative estimate of drug-likeness (QED) is 0.295. The molecule has 0 radical (unpaired) electrons. The Hall–Kier alpha value is -4.25. The number of hydrogen-bond donors (Lipinski definition) is 3. The Kier molecular flexibility index (Phi) is 8.87. The Balaban J connectivity index is 1.46. The summed E-state index contributed by atoms with van der Waals surface area (Å²) in [6, 6.07) is 14.4. The average Bonchev–Trinajstić information content (AvgIpc) is 3.03. The molecule has 2 fully saturated rings. The molecule has 3 aliphatic carbocycles. The number of aliphatic hydroxyl groups is 1. The van der Waals surface area contributed by atoms with Gasteiger partial charge in [0.1, 0.15) is 5.75 Å². The van der Waals surface area contributed by atoms with E-state index >= 15 is 0 Å². The minimum Gasteiger partial charge on any atom is -0.507 e. The van der Waals surface area contributed by atoms with E-state index in [4.69, 9.17) is 5.73 Å². The number of likely N-dealkylation sites (N-methyl/N-ethyl adjacent to an activating group) is 1. The van der Waals surface area contributed by atoms with Crippen LogP contribution in [0.25, 0.3) is 21.9 Å². The number of carbonyl (C=O) groups is 5.